The second-order valence-corrected chi connectivity index (χ2v) is 15.7. The molecule has 0 aliphatic heterocycles. The molecular formula is C46H58N2O8. The van der Waals surface area contributed by atoms with Crippen LogP contribution in [0.1, 0.15) is 82.1 Å². The van der Waals surface area contributed by atoms with Crippen molar-refractivity contribution >= 4 is 11.8 Å². The van der Waals surface area contributed by atoms with Crippen LogP contribution in [0.5, 0.6) is 23.0 Å². The average Bonchev–Trinajstić information content (AvgIpc) is 3.18. The lowest BCUT2D eigenvalue weighted by Gasteiger charge is -2.55. The van der Waals surface area contributed by atoms with Crippen LogP contribution in [0, 0.1) is 17.3 Å². The summed E-state index contributed by atoms with van der Waals surface area (Å²) in [6.07, 6.45) is 1.71. The summed E-state index contributed by atoms with van der Waals surface area (Å²) in [7, 11) is 6.29. The van der Waals surface area contributed by atoms with E-state index in [-0.39, 0.29) is 37.5 Å². The van der Waals surface area contributed by atoms with Gasteiger partial charge in [-0.25, -0.2) is 0 Å². The zero-order valence-electron chi connectivity index (χ0n) is 34.0. The van der Waals surface area contributed by atoms with E-state index in [1.807, 2.05) is 27.7 Å². The minimum atomic E-state index is -1.89. The van der Waals surface area contributed by atoms with E-state index < -0.39 is 40.5 Å². The van der Waals surface area contributed by atoms with Gasteiger partial charge < -0.3 is 39.8 Å². The molecule has 0 aromatic heterocycles. The molecule has 1 aliphatic rings. The monoisotopic (exact) mass is 766 g/mol. The maximum absolute atomic E-state index is 15.9. The summed E-state index contributed by atoms with van der Waals surface area (Å²) in [4.78, 5) is 31.1. The van der Waals surface area contributed by atoms with Crippen molar-refractivity contribution in [2.24, 2.45) is 23.0 Å². The van der Waals surface area contributed by atoms with Crippen molar-refractivity contribution in [3.8, 4) is 23.0 Å². The maximum atomic E-state index is 15.9. The second-order valence-electron chi connectivity index (χ2n) is 15.7. The number of nitrogens with zero attached hydrogens (tertiary/aromatic N) is 1. The number of carbonyl (C=O) groups excluding carboxylic acids is 2. The Bertz CT molecular complexity index is 1690. The molecule has 10 nitrogen and oxygen atoms in total. The molecule has 4 aromatic carbocycles. The van der Waals surface area contributed by atoms with Gasteiger partial charge in [0.2, 0.25) is 11.8 Å². The summed E-state index contributed by atoms with van der Waals surface area (Å²) >= 11 is 0. The maximum Gasteiger partial charge on any atom is 0.239 e. The lowest BCUT2D eigenvalue weighted by atomic mass is 9.65. The third kappa shape index (κ3) is 7.95. The van der Waals surface area contributed by atoms with Crippen molar-refractivity contribution in [2.45, 2.75) is 83.1 Å². The first-order chi connectivity index (χ1) is 26.7. The van der Waals surface area contributed by atoms with Crippen LogP contribution in [0.15, 0.2) is 97.1 Å². The molecule has 5 rings (SSSR count). The van der Waals surface area contributed by atoms with Gasteiger partial charge in [0.25, 0.3) is 0 Å². The van der Waals surface area contributed by atoms with Crippen LogP contribution in [0.2, 0.25) is 0 Å². The van der Waals surface area contributed by atoms with E-state index in [9.17, 15) is 15.0 Å². The molecule has 4 N–H and O–H groups in total. The van der Waals surface area contributed by atoms with Crippen LogP contribution in [-0.2, 0) is 20.8 Å². The number of amides is 2. The van der Waals surface area contributed by atoms with Crippen LogP contribution < -0.4 is 24.7 Å². The van der Waals surface area contributed by atoms with E-state index in [0.29, 0.717) is 51.7 Å². The number of aliphatic hydroxyl groups is 2. The van der Waals surface area contributed by atoms with Crippen molar-refractivity contribution < 1.29 is 38.7 Å². The minimum Gasteiger partial charge on any atom is -0.497 e. The predicted molar refractivity (Wildman–Crippen MR) is 217 cm³/mol. The summed E-state index contributed by atoms with van der Waals surface area (Å²) in [5.41, 5.74) is 2.86. The van der Waals surface area contributed by atoms with Gasteiger partial charge in [-0.15, -0.1) is 0 Å². The largest absolute Gasteiger partial charge is 0.497 e. The molecular weight excluding hydrogens is 709 g/mol. The summed E-state index contributed by atoms with van der Waals surface area (Å²) in [5.74, 6) is 0.978. The highest BCUT2D eigenvalue weighted by atomic mass is 16.5. The lowest BCUT2D eigenvalue weighted by molar-refractivity contribution is -0.174. The van der Waals surface area contributed by atoms with Crippen LogP contribution in [0.4, 0.5) is 0 Å². The van der Waals surface area contributed by atoms with Crippen LogP contribution in [0.25, 0.3) is 0 Å². The van der Waals surface area contributed by atoms with Gasteiger partial charge in [-0.05, 0) is 108 Å². The van der Waals surface area contributed by atoms with Crippen LogP contribution in [-0.4, -0.2) is 67.5 Å². The zero-order valence-corrected chi connectivity index (χ0v) is 34.0. The Hall–Kier alpha value is -5.06. The Labute approximate surface area is 331 Å². The van der Waals surface area contributed by atoms with E-state index in [1.165, 1.54) is 0 Å². The molecule has 56 heavy (non-hydrogen) atoms. The first kappa shape index (κ1) is 42.1. The number of methoxy groups -OCH3 is 4. The highest BCUT2D eigenvalue weighted by Crippen LogP contribution is 2.50. The van der Waals surface area contributed by atoms with E-state index in [1.54, 1.807) is 130 Å². The fourth-order valence-electron chi connectivity index (χ4n) is 8.19. The first-order valence-corrected chi connectivity index (χ1v) is 19.3. The van der Waals surface area contributed by atoms with Gasteiger partial charge in [0.1, 0.15) is 39.6 Å². The van der Waals surface area contributed by atoms with Crippen molar-refractivity contribution in [2.75, 3.05) is 28.4 Å². The zero-order chi connectivity index (χ0) is 40.8. The molecule has 0 spiro atoms. The SMILES string of the molecule is COc1ccc(C(O)(c2ccc(OC)cc2)[C@@H](CC(C)C)N(C(=O)C2(C(N)=O)CCC2)[C@H](CC(C)C)C(O)(c2ccc(OC)cc2)c2ccc(OC)cc2)cc1. The molecule has 2 atom stereocenters. The van der Waals surface area contributed by atoms with Crippen molar-refractivity contribution in [3.05, 3.63) is 119 Å². The number of rotatable bonds is 18. The van der Waals surface area contributed by atoms with E-state index in [2.05, 4.69) is 0 Å². The summed E-state index contributed by atoms with van der Waals surface area (Å²) in [6.45, 7) is 8.12. The topological polar surface area (TPSA) is 141 Å². The van der Waals surface area contributed by atoms with Gasteiger partial charge in [0.05, 0.1) is 40.5 Å². The highest BCUT2D eigenvalue weighted by molar-refractivity contribution is 6.05. The summed E-state index contributed by atoms with van der Waals surface area (Å²) in [6, 6.07) is 26.5. The fourth-order valence-corrected chi connectivity index (χ4v) is 8.19. The first-order valence-electron chi connectivity index (χ1n) is 19.3. The fraction of sp³-hybridized carbons (Fsp3) is 0.435. The molecule has 2 amide bonds. The third-order valence-corrected chi connectivity index (χ3v) is 11.5. The lowest BCUT2D eigenvalue weighted by Crippen LogP contribution is -2.67. The Morgan fingerprint density at radius 2 is 0.857 bits per heavy atom. The van der Waals surface area contributed by atoms with Gasteiger partial charge in [-0.3, -0.25) is 9.59 Å². The number of ether oxygens (including phenoxy) is 4. The molecule has 10 heteroatoms. The molecule has 0 bridgehead atoms. The van der Waals surface area contributed by atoms with E-state index in [4.69, 9.17) is 24.7 Å². The molecule has 300 valence electrons. The Balaban J connectivity index is 1.93. The van der Waals surface area contributed by atoms with Gasteiger partial charge in [-0.2, -0.15) is 0 Å². The van der Waals surface area contributed by atoms with Gasteiger partial charge in [0.15, 0.2) is 0 Å². The predicted octanol–water partition coefficient (Wildman–Crippen LogP) is 7.21. The average molecular weight is 767 g/mol. The van der Waals surface area contributed by atoms with Gasteiger partial charge >= 0.3 is 0 Å². The summed E-state index contributed by atoms with van der Waals surface area (Å²) < 4.78 is 22.1. The number of hydrogen-bond acceptors (Lipinski definition) is 8. The van der Waals surface area contributed by atoms with Crippen LogP contribution in [0.3, 0.4) is 0 Å². The molecule has 0 heterocycles. The number of carbonyl (C=O) groups is 2. The second kappa shape index (κ2) is 17.4. The Morgan fingerprint density at radius 1 is 0.589 bits per heavy atom. The van der Waals surface area contributed by atoms with Crippen molar-refractivity contribution in [1.82, 2.24) is 4.90 Å². The molecule has 0 unspecified atom stereocenters. The minimum absolute atomic E-state index is 0.0704. The quantitative estimate of drug-likeness (QED) is 0.0904. The van der Waals surface area contributed by atoms with Gasteiger partial charge in [0, 0.05) is 0 Å². The molecule has 1 saturated carbocycles. The highest BCUT2D eigenvalue weighted by Gasteiger charge is 2.59. The van der Waals surface area contributed by atoms with E-state index in [0.717, 1.165) is 0 Å². The third-order valence-electron chi connectivity index (χ3n) is 11.5. The van der Waals surface area contributed by atoms with Crippen molar-refractivity contribution in [3.63, 3.8) is 0 Å². The van der Waals surface area contributed by atoms with Gasteiger partial charge in [-0.1, -0.05) is 82.6 Å². The number of benzene rings is 4. The Morgan fingerprint density at radius 3 is 1.04 bits per heavy atom. The standard InChI is InChI=1S/C46H58N2O8/c1-30(2)28-40(45(51,32-10-18-36(53-5)19-11-32)33-12-20-37(54-6)21-13-33)48(43(50)44(42(47)49)26-9-27-44)41(29-31(3)4)46(52,34-14-22-38(55-7)23-15-34)35-16-24-39(56-8)25-17-35/h10-25,30-31,40-41,51-52H,9,26-29H2,1-8H3,(H2,47,49)/t40-,41-/m1/s1. The molecule has 0 saturated heterocycles. The number of primary amides is 1. The number of nitrogens with two attached hydrogens (primary N) is 1. The molecule has 0 radical (unpaired) electrons. The smallest absolute Gasteiger partial charge is 0.239 e. The molecule has 1 fully saturated rings. The molecule has 1 aliphatic carbocycles. The normalized spacial score (nSPS) is 15.1. The molecule has 4 aromatic rings. The Kier molecular flexibility index (Phi) is 13.1. The van der Waals surface area contributed by atoms with Crippen LogP contribution >= 0.6 is 0 Å². The van der Waals surface area contributed by atoms with E-state index >= 15 is 4.79 Å². The van der Waals surface area contributed by atoms with Crippen molar-refractivity contribution in [1.29, 1.82) is 0 Å². The number of hydrogen-bond donors (Lipinski definition) is 3. The summed E-state index contributed by atoms with van der Waals surface area (Å²) in [5, 5.41) is 27.6.